The highest BCUT2D eigenvalue weighted by Gasteiger charge is 2.50. The Morgan fingerprint density at radius 3 is 2.35 bits per heavy atom. The Bertz CT molecular complexity index is 1490. The van der Waals surface area contributed by atoms with Gasteiger partial charge in [-0.3, -0.25) is 4.79 Å². The second-order valence-corrected chi connectivity index (χ2v) is 10.2. The highest BCUT2D eigenvalue weighted by Crippen LogP contribution is 2.42. The molecule has 1 aromatic heterocycles. The third-order valence-corrected chi connectivity index (χ3v) is 7.47. The van der Waals surface area contributed by atoms with Crippen molar-refractivity contribution in [3.8, 4) is 34.1 Å². The van der Waals surface area contributed by atoms with E-state index in [1.807, 2.05) is 0 Å². The van der Waals surface area contributed by atoms with Gasteiger partial charge in [0.25, 0.3) is 0 Å². The average molecular weight is 609 g/mol. The number of phenols is 1. The van der Waals surface area contributed by atoms with Gasteiger partial charge in [0.15, 0.2) is 17.8 Å². The van der Waals surface area contributed by atoms with E-state index in [0.29, 0.717) is 5.56 Å². The molecule has 2 aromatic carbocycles. The molecule has 2 aliphatic rings. The van der Waals surface area contributed by atoms with Crippen molar-refractivity contribution < 1.29 is 68.6 Å². The van der Waals surface area contributed by atoms with E-state index in [1.165, 1.54) is 50.8 Å². The molecule has 5 rings (SSSR count). The summed E-state index contributed by atoms with van der Waals surface area (Å²) >= 11 is 0. The third-order valence-electron chi connectivity index (χ3n) is 7.47. The van der Waals surface area contributed by atoms with Crippen LogP contribution < -0.4 is 19.6 Å². The fourth-order valence-corrected chi connectivity index (χ4v) is 4.90. The van der Waals surface area contributed by atoms with Crippen LogP contribution in [0, 0.1) is 0 Å². The van der Waals surface area contributed by atoms with Crippen molar-refractivity contribution in [3.63, 3.8) is 0 Å². The zero-order chi connectivity index (χ0) is 31.1. The van der Waals surface area contributed by atoms with Crippen molar-refractivity contribution in [2.75, 3.05) is 34.0 Å². The minimum absolute atomic E-state index is 0.0242. The van der Waals surface area contributed by atoms with Crippen LogP contribution in [-0.4, -0.2) is 118 Å². The van der Waals surface area contributed by atoms with Crippen LogP contribution in [0.15, 0.2) is 45.8 Å². The molecule has 234 valence electrons. The van der Waals surface area contributed by atoms with Crippen molar-refractivity contribution in [3.05, 3.63) is 46.8 Å². The molecule has 43 heavy (non-hydrogen) atoms. The lowest BCUT2D eigenvalue weighted by molar-refractivity contribution is -0.289. The summed E-state index contributed by atoms with van der Waals surface area (Å²) < 4.78 is 37.8. The quantitative estimate of drug-likeness (QED) is 0.152. The molecule has 7 N–H and O–H groups in total. The topological polar surface area (TPSA) is 227 Å². The van der Waals surface area contributed by atoms with Gasteiger partial charge in [0, 0.05) is 6.07 Å². The molecular formula is C28H32O15. The first-order valence-corrected chi connectivity index (χ1v) is 13.1. The fraction of sp³-hybridized carbons (Fsp3) is 0.464. The van der Waals surface area contributed by atoms with E-state index < -0.39 is 79.7 Å². The predicted octanol–water partition coefficient (Wildman–Crippen LogP) is -1.17. The number of hydrogen-bond acceptors (Lipinski definition) is 15. The van der Waals surface area contributed by atoms with E-state index >= 15 is 0 Å². The third kappa shape index (κ3) is 5.62. The van der Waals surface area contributed by atoms with Gasteiger partial charge < -0.3 is 68.6 Å². The summed E-state index contributed by atoms with van der Waals surface area (Å²) in [6.45, 7) is -1.60. The van der Waals surface area contributed by atoms with Gasteiger partial charge in [0.05, 0.1) is 39.6 Å². The number of benzene rings is 2. The summed E-state index contributed by atoms with van der Waals surface area (Å²) in [5.41, 5.74) is -1.84. The van der Waals surface area contributed by atoms with E-state index in [0.717, 1.165) is 0 Å². The Morgan fingerprint density at radius 1 is 1.00 bits per heavy atom. The minimum atomic E-state index is -1.92. The second-order valence-electron chi connectivity index (χ2n) is 10.2. The van der Waals surface area contributed by atoms with E-state index in [-0.39, 0.29) is 33.8 Å². The summed E-state index contributed by atoms with van der Waals surface area (Å²) in [5, 5.41) is 71.3. The van der Waals surface area contributed by atoms with Crippen LogP contribution in [0.4, 0.5) is 0 Å². The number of fused-ring (bicyclic) bond motifs is 1. The summed E-state index contributed by atoms with van der Waals surface area (Å²) in [4.78, 5) is 13.3. The average Bonchev–Trinajstić information content (AvgIpc) is 3.30. The molecule has 0 amide bonds. The largest absolute Gasteiger partial charge is 0.504 e. The Labute approximate surface area is 243 Å². The number of aliphatic hydroxyl groups excluding tert-OH is 5. The number of ether oxygens (including phenoxy) is 6. The molecule has 15 heteroatoms. The van der Waals surface area contributed by atoms with Crippen LogP contribution >= 0.6 is 0 Å². The molecule has 2 saturated heterocycles. The number of rotatable bonds is 9. The van der Waals surface area contributed by atoms with Gasteiger partial charge in [-0.25, -0.2) is 0 Å². The number of hydrogen-bond donors (Lipinski definition) is 7. The van der Waals surface area contributed by atoms with Crippen LogP contribution in [0.25, 0.3) is 22.1 Å². The van der Waals surface area contributed by atoms with E-state index in [4.69, 9.17) is 32.8 Å². The van der Waals surface area contributed by atoms with Crippen LogP contribution in [-0.2, 0) is 14.2 Å². The Hall–Kier alpha value is -3.51. The first-order chi connectivity index (χ1) is 20.5. The van der Waals surface area contributed by atoms with Gasteiger partial charge >= 0.3 is 0 Å². The highest BCUT2D eigenvalue weighted by atomic mass is 16.7. The predicted molar refractivity (Wildman–Crippen MR) is 144 cm³/mol. The van der Waals surface area contributed by atoms with E-state index in [9.17, 15) is 40.5 Å². The van der Waals surface area contributed by atoms with Gasteiger partial charge in [-0.2, -0.15) is 0 Å². The van der Waals surface area contributed by atoms with Crippen molar-refractivity contribution in [1.82, 2.24) is 0 Å². The number of aliphatic hydroxyl groups is 6. The zero-order valence-corrected chi connectivity index (χ0v) is 23.0. The summed E-state index contributed by atoms with van der Waals surface area (Å²) in [6, 6.07) is 7.39. The monoisotopic (exact) mass is 608 g/mol. The van der Waals surface area contributed by atoms with Crippen molar-refractivity contribution >= 4 is 11.0 Å². The fourth-order valence-electron chi connectivity index (χ4n) is 4.90. The number of methoxy groups -OCH3 is 2. The van der Waals surface area contributed by atoms with Gasteiger partial charge in [-0.05, 0) is 17.7 Å². The molecule has 2 fully saturated rings. The summed E-state index contributed by atoms with van der Waals surface area (Å²) in [7, 11) is 2.70. The highest BCUT2D eigenvalue weighted by molar-refractivity contribution is 5.91. The number of aromatic hydroxyl groups is 1. The van der Waals surface area contributed by atoms with Crippen LogP contribution in [0.5, 0.6) is 23.0 Å². The smallest absolute Gasteiger partial charge is 0.229 e. The van der Waals surface area contributed by atoms with Crippen LogP contribution in [0.1, 0.15) is 0 Å². The molecule has 0 saturated carbocycles. The molecule has 0 radical (unpaired) electrons. The Balaban J connectivity index is 1.30. The maximum Gasteiger partial charge on any atom is 0.229 e. The van der Waals surface area contributed by atoms with Gasteiger partial charge in [0.2, 0.25) is 17.5 Å². The summed E-state index contributed by atoms with van der Waals surface area (Å²) in [6.07, 6.45) is -9.37. The Morgan fingerprint density at radius 2 is 1.72 bits per heavy atom. The second kappa shape index (κ2) is 12.2. The normalized spacial score (nSPS) is 30.8. The lowest BCUT2D eigenvalue weighted by Gasteiger charge is -2.40. The van der Waals surface area contributed by atoms with Crippen molar-refractivity contribution in [2.45, 2.75) is 48.7 Å². The first kappa shape index (κ1) is 30.9. The minimum Gasteiger partial charge on any atom is -0.504 e. The maximum absolute atomic E-state index is 13.3. The van der Waals surface area contributed by atoms with Gasteiger partial charge in [0.1, 0.15) is 59.1 Å². The zero-order valence-electron chi connectivity index (χ0n) is 23.0. The van der Waals surface area contributed by atoms with E-state index in [2.05, 4.69) is 0 Å². The molecule has 0 aliphatic carbocycles. The van der Waals surface area contributed by atoms with Crippen molar-refractivity contribution in [1.29, 1.82) is 0 Å². The molecule has 0 bridgehead atoms. The molecule has 0 unspecified atom stereocenters. The molecule has 8 atom stereocenters. The van der Waals surface area contributed by atoms with Crippen molar-refractivity contribution in [2.24, 2.45) is 0 Å². The molecule has 2 aliphatic heterocycles. The summed E-state index contributed by atoms with van der Waals surface area (Å²) in [5.74, 6) is -0.114. The molecular weight excluding hydrogens is 576 g/mol. The van der Waals surface area contributed by atoms with Crippen LogP contribution in [0.2, 0.25) is 0 Å². The Kier molecular flexibility index (Phi) is 8.80. The molecule has 15 nitrogen and oxygen atoms in total. The first-order valence-electron chi connectivity index (χ1n) is 13.1. The number of phenolic OH excluding ortho intramolecular Hbond substituents is 1. The standard InChI is InChI=1S/C28H32O15/c1-37-16-7-15-18(21(32)24(16)38-2)19(30)14(8-39-15)12-3-5-13(6-4-12)42-26-23(34)22(33)20(31)17(43-26)9-40-27-25(35)28(36,10-29)11-41-27/h3-8,17,20,22-23,25-27,29,31-36H,9-11H2,1-2H3/t17-,20+,22+,23-,25-,26-,27-,28+/m1/s1. The van der Waals surface area contributed by atoms with Gasteiger partial charge in [-0.1, -0.05) is 12.1 Å². The SMILES string of the molecule is COc1cc2occ(-c3ccc(O[C@@H]4O[C@H](CO[C@@H]5OC[C@@](O)(CO)[C@@H]5O)[C@H](O)[C@H](O)[C@H]4O)cc3)c(=O)c2c(O)c1OC. The van der Waals surface area contributed by atoms with Gasteiger partial charge in [-0.15, -0.1) is 0 Å². The lowest BCUT2D eigenvalue weighted by atomic mass is 9.99. The molecule has 3 heterocycles. The maximum atomic E-state index is 13.3. The van der Waals surface area contributed by atoms with Crippen LogP contribution in [0.3, 0.4) is 0 Å². The molecule has 3 aromatic rings. The molecule has 0 spiro atoms. The van der Waals surface area contributed by atoms with E-state index in [1.54, 1.807) is 0 Å². The lowest BCUT2D eigenvalue weighted by Crippen LogP contribution is -2.60.